The third-order valence-corrected chi connectivity index (χ3v) is 4.42. The van der Waals surface area contributed by atoms with E-state index in [1.54, 1.807) is 10.8 Å². The summed E-state index contributed by atoms with van der Waals surface area (Å²) >= 11 is 0. The molecular weight excluding hydrogens is 280 g/mol. The quantitative estimate of drug-likeness (QED) is 0.839. The van der Waals surface area contributed by atoms with Gasteiger partial charge in [-0.15, -0.1) is 10.2 Å². The van der Waals surface area contributed by atoms with Gasteiger partial charge in [-0.1, -0.05) is 0 Å². The Kier molecular flexibility index (Phi) is 4.01. The minimum absolute atomic E-state index is 0.0496. The van der Waals surface area contributed by atoms with E-state index in [-0.39, 0.29) is 5.60 Å². The van der Waals surface area contributed by atoms with Crippen LogP contribution in [0.25, 0.3) is 5.65 Å². The summed E-state index contributed by atoms with van der Waals surface area (Å²) in [7, 11) is 6.02. The zero-order valence-corrected chi connectivity index (χ0v) is 13.8. The number of hydrogen-bond acceptors (Lipinski definition) is 6. The molecule has 0 aromatic carbocycles. The minimum Gasteiger partial charge on any atom is -0.377 e. The second-order valence-electron chi connectivity index (χ2n) is 6.38. The minimum atomic E-state index is -0.0496. The zero-order valence-electron chi connectivity index (χ0n) is 13.8. The number of rotatable bonds is 4. The molecular formula is C15H24N6O. The summed E-state index contributed by atoms with van der Waals surface area (Å²) in [6.07, 6.45) is 3.66. The van der Waals surface area contributed by atoms with Gasteiger partial charge in [-0.05, 0) is 39.9 Å². The third kappa shape index (κ3) is 2.78. The molecule has 0 saturated carbocycles. The molecule has 120 valence electrons. The molecule has 1 aliphatic rings. The molecule has 22 heavy (non-hydrogen) atoms. The number of aromatic nitrogens is 4. The first kappa shape index (κ1) is 15.2. The standard InChI is InChI=1S/C15H24N6O/c1-12-9-13(14-17-16-11-21(14)18-12)20-7-5-15(22-4,6-8-20)10-19(2)3/h9,11H,5-8,10H2,1-4H3. The van der Waals surface area contributed by atoms with Gasteiger partial charge in [-0.2, -0.15) is 9.61 Å². The van der Waals surface area contributed by atoms with Crippen molar-refractivity contribution in [2.75, 3.05) is 45.7 Å². The number of hydrogen-bond donors (Lipinski definition) is 0. The normalized spacial score (nSPS) is 18.3. The van der Waals surface area contributed by atoms with Gasteiger partial charge in [0, 0.05) is 26.7 Å². The van der Waals surface area contributed by atoms with Crippen LogP contribution in [0.4, 0.5) is 5.69 Å². The van der Waals surface area contributed by atoms with Crippen LogP contribution in [0.3, 0.4) is 0 Å². The molecule has 2 aromatic rings. The third-order valence-electron chi connectivity index (χ3n) is 4.42. The molecule has 0 atom stereocenters. The van der Waals surface area contributed by atoms with Gasteiger partial charge in [0.1, 0.15) is 6.33 Å². The molecule has 0 spiro atoms. The highest BCUT2D eigenvalue weighted by Crippen LogP contribution is 2.31. The number of nitrogens with zero attached hydrogens (tertiary/aromatic N) is 6. The van der Waals surface area contributed by atoms with E-state index < -0.39 is 0 Å². The van der Waals surface area contributed by atoms with Crippen LogP contribution in [0.2, 0.25) is 0 Å². The maximum Gasteiger partial charge on any atom is 0.200 e. The van der Waals surface area contributed by atoms with Crippen LogP contribution >= 0.6 is 0 Å². The van der Waals surface area contributed by atoms with Crippen molar-refractivity contribution in [1.82, 2.24) is 24.7 Å². The number of anilines is 1. The zero-order chi connectivity index (χ0) is 15.7. The Morgan fingerprint density at radius 3 is 2.68 bits per heavy atom. The first-order chi connectivity index (χ1) is 10.5. The predicted octanol–water partition coefficient (Wildman–Crippen LogP) is 0.980. The maximum atomic E-state index is 5.86. The van der Waals surface area contributed by atoms with Crippen molar-refractivity contribution in [2.45, 2.75) is 25.4 Å². The fourth-order valence-corrected chi connectivity index (χ4v) is 3.32. The van der Waals surface area contributed by atoms with Crippen molar-refractivity contribution >= 4 is 11.3 Å². The molecule has 0 unspecified atom stereocenters. The van der Waals surface area contributed by atoms with Crippen LogP contribution < -0.4 is 4.90 Å². The number of methoxy groups -OCH3 is 1. The van der Waals surface area contributed by atoms with E-state index in [0.29, 0.717) is 0 Å². The van der Waals surface area contributed by atoms with E-state index in [1.165, 1.54) is 0 Å². The summed E-state index contributed by atoms with van der Waals surface area (Å²) in [5.74, 6) is 0. The van der Waals surface area contributed by atoms with Crippen molar-refractivity contribution in [3.05, 3.63) is 18.1 Å². The topological polar surface area (TPSA) is 58.8 Å². The van der Waals surface area contributed by atoms with Gasteiger partial charge in [0.15, 0.2) is 0 Å². The van der Waals surface area contributed by atoms with Crippen LogP contribution in [0, 0.1) is 6.92 Å². The number of aryl methyl sites for hydroxylation is 1. The Labute approximate surface area is 130 Å². The van der Waals surface area contributed by atoms with Gasteiger partial charge in [-0.25, -0.2) is 0 Å². The molecule has 1 fully saturated rings. The van der Waals surface area contributed by atoms with Gasteiger partial charge in [0.2, 0.25) is 5.65 Å². The molecule has 7 heteroatoms. The summed E-state index contributed by atoms with van der Waals surface area (Å²) in [4.78, 5) is 4.57. The first-order valence-corrected chi connectivity index (χ1v) is 7.65. The number of piperidine rings is 1. The molecule has 0 N–H and O–H groups in total. The largest absolute Gasteiger partial charge is 0.377 e. The Bertz CT molecular complexity index is 645. The molecule has 0 bridgehead atoms. The summed E-state index contributed by atoms with van der Waals surface area (Å²) < 4.78 is 7.61. The molecule has 0 aliphatic carbocycles. The lowest BCUT2D eigenvalue weighted by Gasteiger charge is -2.43. The smallest absolute Gasteiger partial charge is 0.200 e. The van der Waals surface area contributed by atoms with Crippen LogP contribution in [0.15, 0.2) is 12.4 Å². The fraction of sp³-hybridized carbons (Fsp3) is 0.667. The van der Waals surface area contributed by atoms with Gasteiger partial charge in [0.05, 0.1) is 17.0 Å². The van der Waals surface area contributed by atoms with Crippen LogP contribution in [0.1, 0.15) is 18.5 Å². The first-order valence-electron chi connectivity index (χ1n) is 7.65. The van der Waals surface area contributed by atoms with Gasteiger partial charge in [0.25, 0.3) is 0 Å². The van der Waals surface area contributed by atoms with E-state index in [2.05, 4.69) is 45.3 Å². The van der Waals surface area contributed by atoms with E-state index in [4.69, 9.17) is 4.74 Å². The highest BCUT2D eigenvalue weighted by molar-refractivity contribution is 5.68. The predicted molar refractivity (Wildman–Crippen MR) is 85.3 cm³/mol. The molecule has 1 aliphatic heterocycles. The summed E-state index contributed by atoms with van der Waals surface area (Å²) in [6, 6.07) is 2.09. The van der Waals surface area contributed by atoms with E-state index >= 15 is 0 Å². The lowest BCUT2D eigenvalue weighted by Crippen LogP contribution is -2.51. The van der Waals surface area contributed by atoms with Gasteiger partial charge in [-0.3, -0.25) is 0 Å². The Morgan fingerprint density at radius 2 is 2.05 bits per heavy atom. The maximum absolute atomic E-state index is 5.86. The highest BCUT2D eigenvalue weighted by atomic mass is 16.5. The number of likely N-dealkylation sites (N-methyl/N-ethyl adjacent to an activating group) is 1. The summed E-state index contributed by atoms with van der Waals surface area (Å²) in [5.41, 5.74) is 2.85. The molecule has 3 heterocycles. The molecule has 0 amide bonds. The Balaban J connectivity index is 1.82. The van der Waals surface area contributed by atoms with E-state index in [9.17, 15) is 0 Å². The molecule has 0 radical (unpaired) electrons. The van der Waals surface area contributed by atoms with Crippen molar-refractivity contribution in [3.63, 3.8) is 0 Å². The highest BCUT2D eigenvalue weighted by Gasteiger charge is 2.35. The lowest BCUT2D eigenvalue weighted by atomic mass is 9.90. The number of ether oxygens (including phenoxy) is 1. The van der Waals surface area contributed by atoms with E-state index in [1.807, 2.05) is 14.0 Å². The van der Waals surface area contributed by atoms with Crippen molar-refractivity contribution in [3.8, 4) is 0 Å². The summed E-state index contributed by atoms with van der Waals surface area (Å²) in [6.45, 7) is 4.85. The van der Waals surface area contributed by atoms with Crippen LogP contribution in [0.5, 0.6) is 0 Å². The second kappa shape index (κ2) is 5.81. The van der Waals surface area contributed by atoms with Crippen molar-refractivity contribution in [1.29, 1.82) is 0 Å². The Hall–Kier alpha value is -1.73. The Morgan fingerprint density at radius 1 is 1.32 bits per heavy atom. The number of fused-ring (bicyclic) bond motifs is 1. The van der Waals surface area contributed by atoms with Crippen LogP contribution in [-0.2, 0) is 4.74 Å². The molecule has 1 saturated heterocycles. The van der Waals surface area contributed by atoms with Gasteiger partial charge >= 0.3 is 0 Å². The van der Waals surface area contributed by atoms with Crippen molar-refractivity contribution < 1.29 is 4.74 Å². The molecule has 3 rings (SSSR count). The van der Waals surface area contributed by atoms with Gasteiger partial charge < -0.3 is 14.5 Å². The fourth-order valence-electron chi connectivity index (χ4n) is 3.32. The van der Waals surface area contributed by atoms with Crippen LogP contribution in [-0.4, -0.2) is 71.2 Å². The SMILES string of the molecule is COC1(CN(C)C)CCN(c2cc(C)nn3cnnc23)CC1. The molecule has 7 nitrogen and oxygen atoms in total. The van der Waals surface area contributed by atoms with Crippen molar-refractivity contribution in [2.24, 2.45) is 0 Å². The average molecular weight is 304 g/mol. The van der Waals surface area contributed by atoms with E-state index in [0.717, 1.165) is 49.5 Å². The second-order valence-corrected chi connectivity index (χ2v) is 6.38. The lowest BCUT2D eigenvalue weighted by molar-refractivity contribution is -0.0454. The molecule has 2 aromatic heterocycles. The monoisotopic (exact) mass is 304 g/mol. The average Bonchev–Trinajstić information content (AvgIpc) is 2.94. The summed E-state index contributed by atoms with van der Waals surface area (Å²) in [5, 5.41) is 12.6.